The summed E-state index contributed by atoms with van der Waals surface area (Å²) in [6.07, 6.45) is 5.05. The van der Waals surface area contributed by atoms with Gasteiger partial charge in [0.25, 0.3) is 5.91 Å². The maximum atomic E-state index is 13.4. The molecule has 3 heterocycles. The lowest BCUT2D eigenvalue weighted by Crippen LogP contribution is -2.40. The molecule has 1 atom stereocenters. The molecule has 3 aromatic rings. The van der Waals surface area contributed by atoms with Gasteiger partial charge in [-0.2, -0.15) is 0 Å². The molecular weight excluding hydrogens is 432 g/mol. The second-order valence-corrected chi connectivity index (χ2v) is 11.6. The fourth-order valence-corrected chi connectivity index (χ4v) is 6.94. The minimum absolute atomic E-state index is 0.000351. The molecule has 0 radical (unpaired) electrons. The quantitative estimate of drug-likeness (QED) is 0.577. The number of aromatic nitrogens is 1. The highest BCUT2D eigenvalue weighted by Crippen LogP contribution is 2.29. The normalized spacial score (nSPS) is 19.8. The summed E-state index contributed by atoms with van der Waals surface area (Å²) in [5.41, 5.74) is 3.85. The first-order valence-corrected chi connectivity index (χ1v) is 13.3. The lowest BCUT2D eigenvalue weighted by molar-refractivity contribution is 0.0672. The van der Waals surface area contributed by atoms with E-state index < -0.39 is 9.84 Å². The maximum absolute atomic E-state index is 13.4. The second-order valence-electron chi connectivity index (χ2n) is 8.34. The molecule has 0 N–H and O–H groups in total. The number of benzene rings is 1. The smallest absolute Gasteiger partial charge is 0.276 e. The van der Waals surface area contributed by atoms with E-state index in [4.69, 9.17) is 4.52 Å². The van der Waals surface area contributed by atoms with Crippen LogP contribution in [0.2, 0.25) is 0 Å². The van der Waals surface area contributed by atoms with E-state index in [2.05, 4.69) is 17.3 Å². The van der Waals surface area contributed by atoms with Gasteiger partial charge < -0.3 is 9.42 Å². The first kappa shape index (κ1) is 20.5. The van der Waals surface area contributed by atoms with E-state index >= 15 is 0 Å². The molecule has 5 rings (SSSR count). The van der Waals surface area contributed by atoms with Crippen LogP contribution in [0.4, 0.5) is 0 Å². The van der Waals surface area contributed by atoms with Gasteiger partial charge in [-0.05, 0) is 60.7 Å². The van der Waals surface area contributed by atoms with Crippen LogP contribution >= 0.6 is 11.3 Å². The fourth-order valence-electron chi connectivity index (χ4n) is 4.50. The summed E-state index contributed by atoms with van der Waals surface area (Å²) in [7, 11) is -3.12. The van der Waals surface area contributed by atoms with E-state index in [1.165, 1.54) is 24.0 Å². The van der Waals surface area contributed by atoms with Crippen LogP contribution in [0.15, 0.2) is 46.3 Å². The number of rotatable bonds is 5. The number of hydrogen-bond donors (Lipinski definition) is 0. The summed E-state index contributed by atoms with van der Waals surface area (Å²) >= 11 is 1.55. The third kappa shape index (κ3) is 4.32. The highest BCUT2D eigenvalue weighted by Gasteiger charge is 2.36. The monoisotopic (exact) mass is 456 g/mol. The van der Waals surface area contributed by atoms with Crippen molar-refractivity contribution < 1.29 is 17.7 Å². The Labute approximate surface area is 185 Å². The Balaban J connectivity index is 1.41. The number of hydrogen-bond acceptors (Lipinski definition) is 6. The summed E-state index contributed by atoms with van der Waals surface area (Å²) in [5, 5.41) is 6.00. The van der Waals surface area contributed by atoms with Crippen molar-refractivity contribution in [3.8, 4) is 11.3 Å². The van der Waals surface area contributed by atoms with E-state index in [0.717, 1.165) is 23.3 Å². The van der Waals surface area contributed by atoms with Crippen molar-refractivity contribution in [1.82, 2.24) is 10.1 Å². The SMILES string of the molecule is O=C(c1cc(-c2ccc3c(c2)CCCC3)on1)N(Cc1cccs1)[C@H]1CCS(=O)(=O)C1. The molecule has 0 saturated carbocycles. The van der Waals surface area contributed by atoms with Crippen molar-refractivity contribution in [1.29, 1.82) is 0 Å². The van der Waals surface area contributed by atoms with Crippen molar-refractivity contribution >= 4 is 27.1 Å². The van der Waals surface area contributed by atoms with Gasteiger partial charge in [0.15, 0.2) is 21.3 Å². The number of amides is 1. The van der Waals surface area contributed by atoms with Gasteiger partial charge in [0.2, 0.25) is 0 Å². The number of sulfone groups is 1. The van der Waals surface area contributed by atoms with Crippen LogP contribution in [0.1, 0.15) is 45.8 Å². The van der Waals surface area contributed by atoms with Gasteiger partial charge in [-0.3, -0.25) is 4.79 Å². The molecule has 1 amide bonds. The minimum atomic E-state index is -3.12. The van der Waals surface area contributed by atoms with E-state index in [1.807, 2.05) is 23.6 Å². The molecule has 1 aromatic carbocycles. The Morgan fingerprint density at radius 2 is 2.00 bits per heavy atom. The number of nitrogens with zero attached hydrogens (tertiary/aromatic N) is 2. The molecule has 0 unspecified atom stereocenters. The second kappa shape index (κ2) is 8.24. The number of carbonyl (C=O) groups excluding carboxylic acids is 1. The van der Waals surface area contributed by atoms with E-state index in [9.17, 15) is 13.2 Å². The largest absolute Gasteiger partial charge is 0.355 e. The molecular formula is C23H24N2O4S2. The lowest BCUT2D eigenvalue weighted by atomic mass is 9.90. The summed E-state index contributed by atoms with van der Waals surface area (Å²) < 4.78 is 29.6. The fraction of sp³-hybridized carbons (Fsp3) is 0.391. The topological polar surface area (TPSA) is 80.5 Å². The Hall–Kier alpha value is -2.45. The zero-order valence-electron chi connectivity index (χ0n) is 17.1. The van der Waals surface area contributed by atoms with Gasteiger partial charge >= 0.3 is 0 Å². The average Bonchev–Trinajstić information content (AvgIpc) is 3.52. The molecule has 1 saturated heterocycles. The molecule has 8 heteroatoms. The zero-order valence-corrected chi connectivity index (χ0v) is 18.8. The molecule has 2 aliphatic rings. The summed E-state index contributed by atoms with van der Waals surface area (Å²) in [6, 6.07) is 11.5. The van der Waals surface area contributed by atoms with Gasteiger partial charge in [-0.15, -0.1) is 11.3 Å². The number of thiophene rings is 1. The first-order valence-electron chi connectivity index (χ1n) is 10.6. The molecule has 162 valence electrons. The predicted octanol–water partition coefficient (Wildman–Crippen LogP) is 4.11. The van der Waals surface area contributed by atoms with Gasteiger partial charge in [-0.25, -0.2) is 8.42 Å². The molecule has 6 nitrogen and oxygen atoms in total. The highest BCUT2D eigenvalue weighted by atomic mass is 32.2. The van der Waals surface area contributed by atoms with Crippen molar-refractivity contribution in [2.45, 2.75) is 44.7 Å². The third-order valence-electron chi connectivity index (χ3n) is 6.18. The Kier molecular flexibility index (Phi) is 5.44. The van der Waals surface area contributed by atoms with Gasteiger partial charge in [-0.1, -0.05) is 23.4 Å². The number of fused-ring (bicyclic) bond motifs is 1. The van der Waals surface area contributed by atoms with Crippen molar-refractivity contribution in [3.63, 3.8) is 0 Å². The van der Waals surface area contributed by atoms with E-state index in [0.29, 0.717) is 18.7 Å². The Morgan fingerprint density at radius 3 is 2.74 bits per heavy atom. The molecule has 0 spiro atoms. The maximum Gasteiger partial charge on any atom is 0.276 e. The zero-order chi connectivity index (χ0) is 21.4. The number of aryl methyl sites for hydroxylation is 2. The van der Waals surface area contributed by atoms with Crippen LogP contribution in [0.5, 0.6) is 0 Å². The van der Waals surface area contributed by atoms with Crippen molar-refractivity contribution in [2.75, 3.05) is 11.5 Å². The number of carbonyl (C=O) groups is 1. The van der Waals surface area contributed by atoms with Crippen LogP contribution in [-0.2, 0) is 29.2 Å². The van der Waals surface area contributed by atoms with Crippen LogP contribution in [0.25, 0.3) is 11.3 Å². The molecule has 31 heavy (non-hydrogen) atoms. The van der Waals surface area contributed by atoms with Gasteiger partial charge in [0.1, 0.15) is 0 Å². The molecule has 1 aliphatic carbocycles. The molecule has 2 aromatic heterocycles. The third-order valence-corrected chi connectivity index (χ3v) is 8.79. The van der Waals surface area contributed by atoms with Crippen LogP contribution in [0, 0.1) is 0 Å². The van der Waals surface area contributed by atoms with Crippen LogP contribution < -0.4 is 0 Å². The van der Waals surface area contributed by atoms with Gasteiger partial charge in [0, 0.05) is 22.5 Å². The lowest BCUT2D eigenvalue weighted by Gasteiger charge is -2.27. The predicted molar refractivity (Wildman–Crippen MR) is 120 cm³/mol. The summed E-state index contributed by atoms with van der Waals surface area (Å²) in [6.45, 7) is 0.373. The van der Waals surface area contributed by atoms with Crippen molar-refractivity contribution in [3.05, 3.63) is 63.5 Å². The molecule has 1 aliphatic heterocycles. The first-order chi connectivity index (χ1) is 15.0. The van der Waals surface area contributed by atoms with E-state index in [-0.39, 0.29) is 29.1 Å². The van der Waals surface area contributed by atoms with Crippen molar-refractivity contribution in [2.24, 2.45) is 0 Å². The minimum Gasteiger partial charge on any atom is -0.355 e. The molecule has 0 bridgehead atoms. The Morgan fingerprint density at radius 1 is 1.16 bits per heavy atom. The average molecular weight is 457 g/mol. The molecule has 1 fully saturated rings. The standard InChI is InChI=1S/C23H24N2O4S2/c26-23(25(14-20-6-3-10-30-20)19-9-11-31(27,28)15-19)21-13-22(29-24-21)18-8-7-16-4-1-2-5-17(16)12-18/h3,6-8,10,12-13,19H,1-2,4-5,9,11,14-15H2/t19-/m0/s1. The summed E-state index contributed by atoms with van der Waals surface area (Å²) in [4.78, 5) is 16.0. The summed E-state index contributed by atoms with van der Waals surface area (Å²) in [5.74, 6) is 0.389. The van der Waals surface area contributed by atoms with E-state index in [1.54, 1.807) is 22.3 Å². The highest BCUT2D eigenvalue weighted by molar-refractivity contribution is 7.91. The van der Waals surface area contributed by atoms with Gasteiger partial charge in [0.05, 0.1) is 18.1 Å². The Bertz CT molecular complexity index is 1200. The van der Waals surface area contributed by atoms with Crippen LogP contribution in [0.3, 0.4) is 0 Å². The van der Waals surface area contributed by atoms with Crippen LogP contribution in [-0.4, -0.2) is 41.9 Å².